The number of rotatable bonds is 6. The van der Waals surface area contributed by atoms with E-state index in [0.29, 0.717) is 17.6 Å². The summed E-state index contributed by atoms with van der Waals surface area (Å²) in [4.78, 5) is 16.0. The predicted molar refractivity (Wildman–Crippen MR) is 263 cm³/mol. The molecule has 5 nitrogen and oxygen atoms in total. The summed E-state index contributed by atoms with van der Waals surface area (Å²) < 4.78 is 7.19. The summed E-state index contributed by atoms with van der Waals surface area (Å²) in [6, 6.07) is 75.6. The molecule has 0 spiro atoms. The van der Waals surface area contributed by atoms with E-state index in [1.54, 1.807) is 0 Å². The van der Waals surface area contributed by atoms with E-state index in [4.69, 9.17) is 15.0 Å². The zero-order chi connectivity index (χ0) is 41.4. The summed E-state index contributed by atoms with van der Waals surface area (Å²) in [5.74, 6) is 1.81. The van der Waals surface area contributed by atoms with Crippen LogP contribution in [0.2, 0.25) is 0 Å². The largest absolute Gasteiger partial charge is 0.307 e. The number of fused-ring (bicyclic) bond motifs is 10. The Bertz CT molecular complexity index is 3900. The van der Waals surface area contributed by atoms with Crippen LogP contribution in [-0.4, -0.2) is 24.1 Å². The number of thiophene rings is 1. The van der Waals surface area contributed by atoms with Crippen molar-refractivity contribution in [2.45, 2.75) is 0 Å². The van der Waals surface area contributed by atoms with Gasteiger partial charge in [0.05, 0.1) is 22.1 Å². The van der Waals surface area contributed by atoms with Crippen molar-refractivity contribution < 1.29 is 0 Å². The van der Waals surface area contributed by atoms with Crippen molar-refractivity contribution in [2.24, 2.45) is 0 Å². The monoisotopic (exact) mass is 821 g/mol. The number of hydrogen-bond donors (Lipinski definition) is 0. The Kier molecular flexibility index (Phi) is 8.01. The second kappa shape index (κ2) is 14.2. The summed E-state index contributed by atoms with van der Waals surface area (Å²) >= 11 is 1.81. The molecule has 0 saturated heterocycles. The third-order valence-corrected chi connectivity index (χ3v) is 13.6. The zero-order valence-electron chi connectivity index (χ0n) is 33.9. The summed E-state index contributed by atoms with van der Waals surface area (Å²) in [6.07, 6.45) is 0. The molecule has 4 aromatic heterocycles. The molecule has 0 unspecified atom stereocenters. The number of nitrogens with zero attached hydrogens (tertiary/aromatic N) is 5. The second-order valence-electron chi connectivity index (χ2n) is 16.0. The van der Waals surface area contributed by atoms with Gasteiger partial charge in [0.15, 0.2) is 11.6 Å². The maximum atomic E-state index is 5.42. The lowest BCUT2D eigenvalue weighted by Crippen LogP contribution is -2.07. The minimum absolute atomic E-state index is 0.567. The average Bonchev–Trinajstić information content (AvgIpc) is 4.02. The minimum Gasteiger partial charge on any atom is -0.307 e. The Morgan fingerprint density at radius 3 is 1.49 bits per heavy atom. The normalized spacial score (nSPS) is 11.8. The van der Waals surface area contributed by atoms with Crippen LogP contribution in [0.25, 0.3) is 120 Å². The Morgan fingerprint density at radius 2 is 0.810 bits per heavy atom. The van der Waals surface area contributed by atoms with Crippen LogP contribution < -0.4 is 0 Å². The zero-order valence-corrected chi connectivity index (χ0v) is 34.7. The maximum absolute atomic E-state index is 5.42. The first kappa shape index (κ1) is 35.6. The Balaban J connectivity index is 1.08. The van der Waals surface area contributed by atoms with Gasteiger partial charge in [0.1, 0.15) is 0 Å². The highest BCUT2D eigenvalue weighted by Gasteiger charge is 2.24. The van der Waals surface area contributed by atoms with Crippen LogP contribution >= 0.6 is 11.3 Å². The standard InChI is InChI=1S/C57H35N5S/c1-3-15-36(16-4-1)41-19-7-8-20-42(41)37-27-30-40(31-28-37)61-49-24-12-9-21-43(49)46-32-33-47-44-22-10-13-25-50(44)62(54(47)53(46)61)57-59-55(38-17-5-2-6-18-38)58-56(60-57)39-29-34-52-48(35-39)45-23-11-14-26-51(45)63-52/h1-35H. The lowest BCUT2D eigenvalue weighted by molar-refractivity contribution is 0.953. The van der Waals surface area contributed by atoms with Crippen molar-refractivity contribution >= 4 is 75.1 Å². The molecular formula is C57H35N5S. The number of aromatic nitrogens is 5. The third kappa shape index (κ3) is 5.66. The van der Waals surface area contributed by atoms with Crippen LogP contribution in [0.5, 0.6) is 0 Å². The van der Waals surface area contributed by atoms with E-state index >= 15 is 0 Å². The van der Waals surface area contributed by atoms with Gasteiger partial charge in [-0.15, -0.1) is 11.3 Å². The van der Waals surface area contributed by atoms with Crippen molar-refractivity contribution in [3.8, 4) is 56.7 Å². The molecule has 6 heteroatoms. The molecule has 0 fully saturated rings. The summed E-state index contributed by atoms with van der Waals surface area (Å²) in [7, 11) is 0. The quantitative estimate of drug-likeness (QED) is 0.168. The second-order valence-corrected chi connectivity index (χ2v) is 17.1. The minimum atomic E-state index is 0.567. The average molecular weight is 822 g/mol. The van der Waals surface area contributed by atoms with E-state index in [0.717, 1.165) is 60.6 Å². The molecule has 9 aromatic carbocycles. The first-order chi connectivity index (χ1) is 31.2. The molecule has 63 heavy (non-hydrogen) atoms. The van der Waals surface area contributed by atoms with Crippen LogP contribution in [0, 0.1) is 0 Å². The van der Waals surface area contributed by atoms with Gasteiger partial charge in [-0.1, -0.05) is 164 Å². The molecule has 0 aliphatic rings. The van der Waals surface area contributed by atoms with Crippen molar-refractivity contribution in [2.75, 3.05) is 0 Å². The van der Waals surface area contributed by atoms with E-state index in [1.807, 2.05) is 29.5 Å². The van der Waals surface area contributed by atoms with Gasteiger partial charge in [0, 0.05) is 58.5 Å². The van der Waals surface area contributed by atoms with Gasteiger partial charge in [-0.25, -0.2) is 4.98 Å². The molecule has 13 aromatic rings. The molecule has 0 aliphatic carbocycles. The van der Waals surface area contributed by atoms with E-state index in [9.17, 15) is 0 Å². The molecule has 0 amide bonds. The highest BCUT2D eigenvalue weighted by Crippen LogP contribution is 2.43. The van der Waals surface area contributed by atoms with Gasteiger partial charge >= 0.3 is 0 Å². The molecular weight excluding hydrogens is 787 g/mol. The molecule has 0 radical (unpaired) electrons. The number of hydrogen-bond acceptors (Lipinski definition) is 4. The van der Waals surface area contributed by atoms with Crippen LogP contribution in [0.1, 0.15) is 0 Å². The van der Waals surface area contributed by atoms with Gasteiger partial charge in [0.2, 0.25) is 5.95 Å². The van der Waals surface area contributed by atoms with E-state index in [2.05, 4.69) is 203 Å². The molecule has 4 heterocycles. The summed E-state index contributed by atoms with van der Waals surface area (Å²) in [5, 5.41) is 7.05. The predicted octanol–water partition coefficient (Wildman–Crippen LogP) is 15.1. The Morgan fingerprint density at radius 1 is 0.317 bits per heavy atom. The van der Waals surface area contributed by atoms with E-state index < -0.39 is 0 Å². The van der Waals surface area contributed by atoms with E-state index in [1.165, 1.54) is 42.2 Å². The lowest BCUT2D eigenvalue weighted by Gasteiger charge is -2.14. The topological polar surface area (TPSA) is 48.5 Å². The molecule has 0 bridgehead atoms. The third-order valence-electron chi connectivity index (χ3n) is 12.4. The Labute approximate surface area is 366 Å². The summed E-state index contributed by atoms with van der Waals surface area (Å²) in [5.41, 5.74) is 12.0. The van der Waals surface area contributed by atoms with Gasteiger partial charge in [-0.05, 0) is 70.8 Å². The molecule has 0 atom stereocenters. The maximum Gasteiger partial charge on any atom is 0.238 e. The van der Waals surface area contributed by atoms with E-state index in [-0.39, 0.29) is 0 Å². The van der Waals surface area contributed by atoms with Crippen molar-refractivity contribution in [1.82, 2.24) is 24.1 Å². The highest BCUT2D eigenvalue weighted by atomic mass is 32.1. The smallest absolute Gasteiger partial charge is 0.238 e. The van der Waals surface area contributed by atoms with Crippen LogP contribution in [-0.2, 0) is 0 Å². The summed E-state index contributed by atoms with van der Waals surface area (Å²) in [6.45, 7) is 0. The number of benzene rings is 9. The first-order valence-electron chi connectivity index (χ1n) is 21.2. The van der Waals surface area contributed by atoms with Crippen LogP contribution in [0.15, 0.2) is 212 Å². The fourth-order valence-electron chi connectivity index (χ4n) is 9.55. The van der Waals surface area contributed by atoms with Gasteiger partial charge in [-0.2, -0.15) is 9.97 Å². The highest BCUT2D eigenvalue weighted by molar-refractivity contribution is 7.25. The van der Waals surface area contributed by atoms with Crippen molar-refractivity contribution in [1.29, 1.82) is 0 Å². The number of para-hydroxylation sites is 2. The molecule has 0 saturated carbocycles. The fraction of sp³-hybridized carbons (Fsp3) is 0. The van der Waals surface area contributed by atoms with Crippen LogP contribution in [0.3, 0.4) is 0 Å². The molecule has 0 aliphatic heterocycles. The van der Waals surface area contributed by atoms with Crippen molar-refractivity contribution in [3.63, 3.8) is 0 Å². The van der Waals surface area contributed by atoms with Gasteiger partial charge < -0.3 is 4.57 Å². The van der Waals surface area contributed by atoms with Gasteiger partial charge in [-0.3, -0.25) is 4.57 Å². The molecule has 0 N–H and O–H groups in total. The van der Waals surface area contributed by atoms with Gasteiger partial charge in [0.25, 0.3) is 0 Å². The van der Waals surface area contributed by atoms with Crippen molar-refractivity contribution in [3.05, 3.63) is 212 Å². The molecule has 13 rings (SSSR count). The first-order valence-corrected chi connectivity index (χ1v) is 22.0. The Hall–Kier alpha value is -8.19. The SMILES string of the molecule is c1ccc(-c2nc(-c3ccc4sc5ccccc5c4c3)nc(-n3c4ccccc4c4ccc5c6ccccc6n(-c6ccc(-c7ccccc7-c7ccccc7)cc6)c5c43)n2)cc1. The van der Waals surface area contributed by atoms with Crippen LogP contribution in [0.4, 0.5) is 0 Å². The fourth-order valence-corrected chi connectivity index (χ4v) is 10.6. The lowest BCUT2D eigenvalue weighted by atomic mass is 9.94. The molecule has 294 valence electrons.